The van der Waals surface area contributed by atoms with Crippen molar-refractivity contribution in [2.24, 2.45) is 17.8 Å². The van der Waals surface area contributed by atoms with E-state index < -0.39 is 0 Å². The molecule has 2 fully saturated rings. The molecule has 0 spiro atoms. The Morgan fingerprint density at radius 1 is 1.42 bits per heavy atom. The summed E-state index contributed by atoms with van der Waals surface area (Å²) in [5.41, 5.74) is 0. The molecule has 70 valence electrons. The Kier molecular flexibility index (Phi) is 2.13. The van der Waals surface area contributed by atoms with Crippen molar-refractivity contribution in [3.05, 3.63) is 0 Å². The first kappa shape index (κ1) is 8.52. The van der Waals surface area contributed by atoms with Gasteiger partial charge in [0.25, 0.3) is 0 Å². The average molecular weight is 169 g/mol. The summed E-state index contributed by atoms with van der Waals surface area (Å²) in [6.45, 7) is 3.85. The molecule has 2 rings (SSSR count). The van der Waals surface area contributed by atoms with E-state index in [9.17, 15) is 5.11 Å². The molecule has 2 heteroatoms. The molecule has 0 radical (unpaired) electrons. The van der Waals surface area contributed by atoms with Gasteiger partial charge in [-0.2, -0.15) is 0 Å². The summed E-state index contributed by atoms with van der Waals surface area (Å²) in [7, 11) is 2.14. The predicted octanol–water partition coefficient (Wildman–Crippen LogP) is 0.955. The Hall–Kier alpha value is -0.0800. The van der Waals surface area contributed by atoms with E-state index >= 15 is 0 Å². The van der Waals surface area contributed by atoms with Crippen LogP contribution < -0.4 is 0 Å². The van der Waals surface area contributed by atoms with Crippen LogP contribution >= 0.6 is 0 Å². The van der Waals surface area contributed by atoms with Gasteiger partial charge in [-0.1, -0.05) is 6.92 Å². The lowest BCUT2D eigenvalue weighted by Gasteiger charge is -2.23. The molecule has 0 bridgehead atoms. The van der Waals surface area contributed by atoms with Gasteiger partial charge >= 0.3 is 0 Å². The lowest BCUT2D eigenvalue weighted by molar-refractivity contribution is 0.145. The van der Waals surface area contributed by atoms with Gasteiger partial charge in [-0.25, -0.2) is 0 Å². The molecule has 1 N–H and O–H groups in total. The second-order valence-corrected chi connectivity index (χ2v) is 4.58. The molecule has 1 heterocycles. The topological polar surface area (TPSA) is 23.5 Å². The Labute approximate surface area is 74.6 Å². The quantitative estimate of drug-likeness (QED) is 0.665. The van der Waals surface area contributed by atoms with Crippen LogP contribution in [-0.4, -0.2) is 36.2 Å². The van der Waals surface area contributed by atoms with Gasteiger partial charge in [-0.3, -0.25) is 0 Å². The van der Waals surface area contributed by atoms with Crippen LogP contribution in [-0.2, 0) is 0 Å². The lowest BCUT2D eigenvalue weighted by Crippen LogP contribution is -2.33. The van der Waals surface area contributed by atoms with Gasteiger partial charge in [0.05, 0.1) is 6.61 Å². The van der Waals surface area contributed by atoms with E-state index in [2.05, 4.69) is 18.9 Å². The fourth-order valence-electron chi connectivity index (χ4n) is 2.91. The molecule has 3 atom stereocenters. The van der Waals surface area contributed by atoms with Crippen molar-refractivity contribution < 1.29 is 5.11 Å². The minimum atomic E-state index is 0.349. The first-order chi connectivity index (χ1) is 5.74. The third kappa shape index (κ3) is 1.27. The molecule has 0 amide bonds. The number of rotatable bonds is 2. The molecule has 12 heavy (non-hydrogen) atoms. The summed E-state index contributed by atoms with van der Waals surface area (Å²) in [5, 5.41) is 9.26. The first-order valence-electron chi connectivity index (χ1n) is 5.05. The first-order valence-corrected chi connectivity index (χ1v) is 5.05. The number of aliphatic hydroxyl groups excluding tert-OH is 1. The SMILES string of the molecule is C[C@H]1CN(C)C(CO)[C@H]1C1CC1. The standard InChI is InChI=1S/C10H19NO/c1-7-5-11(2)9(6-12)10(7)8-3-4-8/h7-10,12H,3-6H2,1-2H3/t7-,9?,10+/m0/s1. The molecule has 1 unspecified atom stereocenters. The van der Waals surface area contributed by atoms with E-state index in [1.165, 1.54) is 19.4 Å². The smallest absolute Gasteiger partial charge is 0.0589 e. The highest BCUT2D eigenvalue weighted by Gasteiger charge is 2.45. The zero-order valence-electron chi connectivity index (χ0n) is 8.03. The van der Waals surface area contributed by atoms with Crippen molar-refractivity contribution in [2.75, 3.05) is 20.2 Å². The highest BCUT2D eigenvalue weighted by atomic mass is 16.3. The number of aliphatic hydroxyl groups is 1. The summed E-state index contributed by atoms with van der Waals surface area (Å²) in [6.07, 6.45) is 2.80. The van der Waals surface area contributed by atoms with Crippen molar-refractivity contribution in [3.63, 3.8) is 0 Å². The van der Waals surface area contributed by atoms with E-state index in [1.807, 2.05) is 0 Å². The lowest BCUT2D eigenvalue weighted by atomic mass is 9.88. The third-order valence-electron chi connectivity index (χ3n) is 3.60. The highest BCUT2D eigenvalue weighted by molar-refractivity contribution is 4.97. The van der Waals surface area contributed by atoms with E-state index in [0.29, 0.717) is 12.6 Å². The van der Waals surface area contributed by atoms with Gasteiger partial charge in [-0.15, -0.1) is 0 Å². The largest absolute Gasteiger partial charge is 0.395 e. The molecular weight excluding hydrogens is 150 g/mol. The third-order valence-corrected chi connectivity index (χ3v) is 3.60. The molecule has 0 aromatic rings. The van der Waals surface area contributed by atoms with Crippen LogP contribution in [0.5, 0.6) is 0 Å². The molecule has 1 aliphatic heterocycles. The van der Waals surface area contributed by atoms with Crippen LogP contribution in [0.15, 0.2) is 0 Å². The molecule has 1 saturated carbocycles. The predicted molar refractivity (Wildman–Crippen MR) is 48.9 cm³/mol. The van der Waals surface area contributed by atoms with Crippen LogP contribution in [0.3, 0.4) is 0 Å². The van der Waals surface area contributed by atoms with E-state index in [1.54, 1.807) is 0 Å². The minimum Gasteiger partial charge on any atom is -0.395 e. The highest BCUT2D eigenvalue weighted by Crippen LogP contribution is 2.46. The van der Waals surface area contributed by atoms with E-state index in [0.717, 1.165) is 17.8 Å². The molecule has 0 aromatic heterocycles. The van der Waals surface area contributed by atoms with Gasteiger partial charge in [-0.05, 0) is 37.6 Å². The Morgan fingerprint density at radius 3 is 2.58 bits per heavy atom. The Bertz CT molecular complexity index is 167. The van der Waals surface area contributed by atoms with Gasteiger partial charge in [0.15, 0.2) is 0 Å². The molecular formula is C10H19NO. The van der Waals surface area contributed by atoms with Gasteiger partial charge < -0.3 is 10.0 Å². The number of hydrogen-bond acceptors (Lipinski definition) is 2. The Morgan fingerprint density at radius 2 is 2.08 bits per heavy atom. The summed E-state index contributed by atoms with van der Waals surface area (Å²) < 4.78 is 0. The minimum absolute atomic E-state index is 0.349. The monoisotopic (exact) mass is 169 g/mol. The fourth-order valence-corrected chi connectivity index (χ4v) is 2.91. The zero-order chi connectivity index (χ0) is 8.72. The van der Waals surface area contributed by atoms with Crippen LogP contribution in [0.1, 0.15) is 19.8 Å². The molecule has 2 aliphatic rings. The number of likely N-dealkylation sites (N-methyl/N-ethyl adjacent to an activating group) is 1. The zero-order valence-corrected chi connectivity index (χ0v) is 8.03. The van der Waals surface area contributed by atoms with Crippen molar-refractivity contribution in [1.82, 2.24) is 4.90 Å². The van der Waals surface area contributed by atoms with Crippen LogP contribution in [0.4, 0.5) is 0 Å². The van der Waals surface area contributed by atoms with E-state index in [4.69, 9.17) is 0 Å². The second kappa shape index (κ2) is 3.00. The fraction of sp³-hybridized carbons (Fsp3) is 1.00. The molecule has 1 aliphatic carbocycles. The molecule has 1 saturated heterocycles. The van der Waals surface area contributed by atoms with Crippen molar-refractivity contribution in [3.8, 4) is 0 Å². The Balaban J connectivity index is 2.06. The van der Waals surface area contributed by atoms with Crippen molar-refractivity contribution in [1.29, 1.82) is 0 Å². The molecule has 0 aromatic carbocycles. The average Bonchev–Trinajstić information content (AvgIpc) is 2.78. The van der Waals surface area contributed by atoms with Gasteiger partial charge in [0.2, 0.25) is 0 Å². The maximum atomic E-state index is 9.26. The van der Waals surface area contributed by atoms with Crippen molar-refractivity contribution in [2.45, 2.75) is 25.8 Å². The summed E-state index contributed by atoms with van der Waals surface area (Å²) >= 11 is 0. The number of likely N-dealkylation sites (tertiary alicyclic amines) is 1. The summed E-state index contributed by atoms with van der Waals surface area (Å²) in [5.74, 6) is 2.50. The van der Waals surface area contributed by atoms with Crippen LogP contribution in [0.2, 0.25) is 0 Å². The van der Waals surface area contributed by atoms with E-state index in [-0.39, 0.29) is 0 Å². The van der Waals surface area contributed by atoms with Crippen LogP contribution in [0.25, 0.3) is 0 Å². The maximum Gasteiger partial charge on any atom is 0.0589 e. The van der Waals surface area contributed by atoms with Gasteiger partial charge in [0, 0.05) is 12.6 Å². The normalized spacial score (nSPS) is 43.8. The number of nitrogens with zero attached hydrogens (tertiary/aromatic N) is 1. The van der Waals surface area contributed by atoms with Gasteiger partial charge in [0.1, 0.15) is 0 Å². The second-order valence-electron chi connectivity index (χ2n) is 4.58. The van der Waals surface area contributed by atoms with Crippen molar-refractivity contribution >= 4 is 0 Å². The maximum absolute atomic E-state index is 9.26. The summed E-state index contributed by atoms with van der Waals surface area (Å²) in [6, 6.07) is 0.451. The van der Waals surface area contributed by atoms with Crippen LogP contribution in [0, 0.1) is 17.8 Å². The number of hydrogen-bond donors (Lipinski definition) is 1. The molecule has 2 nitrogen and oxygen atoms in total. The summed E-state index contributed by atoms with van der Waals surface area (Å²) in [4.78, 5) is 2.33.